The normalized spacial score (nSPS) is 13.9. The van der Waals surface area contributed by atoms with Gasteiger partial charge in [0.1, 0.15) is 19.3 Å². The fraction of sp³-hybridized carbons (Fsp3) is 0.924. The van der Waals surface area contributed by atoms with Crippen LogP contribution in [0.3, 0.4) is 0 Å². The fourth-order valence-corrected chi connectivity index (χ4v) is 13.6. The van der Waals surface area contributed by atoms with Crippen molar-refractivity contribution in [2.24, 2.45) is 0 Å². The van der Waals surface area contributed by atoms with E-state index in [0.29, 0.717) is 25.7 Å². The van der Waals surface area contributed by atoms with E-state index >= 15 is 0 Å². The molecule has 19 heteroatoms. The van der Waals surface area contributed by atoms with Gasteiger partial charge in [0.05, 0.1) is 26.4 Å². The van der Waals surface area contributed by atoms with E-state index in [-0.39, 0.29) is 25.7 Å². The zero-order valence-electron chi connectivity index (χ0n) is 63.5. The van der Waals surface area contributed by atoms with Gasteiger partial charge in [-0.1, -0.05) is 348 Å². The lowest BCUT2D eigenvalue weighted by Crippen LogP contribution is -2.30. The molecule has 0 aliphatic heterocycles. The summed E-state index contributed by atoms with van der Waals surface area (Å²) in [6.07, 6.45) is 66.1. The molecule has 0 aromatic heterocycles. The molecule has 98 heavy (non-hydrogen) atoms. The first-order chi connectivity index (χ1) is 47.7. The SMILES string of the molecule is CCCCCCCC/C=C\CCCCCCCC(=O)O[C@H](COC(=O)CCCCCCCCCCCCCCC)COP(=O)(O)OC[C@@H](O)COP(=O)(O)OC[C@@H](COC(=O)CCCCCCCCCCCCCCC)OC(=O)CCCCCCCCCCCCCCCCCCC. The van der Waals surface area contributed by atoms with Gasteiger partial charge in [0, 0.05) is 25.7 Å². The summed E-state index contributed by atoms with van der Waals surface area (Å²) in [6.45, 7) is 4.99. The Morgan fingerprint density at radius 2 is 0.469 bits per heavy atom. The van der Waals surface area contributed by atoms with Gasteiger partial charge in [0.2, 0.25) is 0 Å². The van der Waals surface area contributed by atoms with E-state index in [1.807, 2.05) is 0 Å². The summed E-state index contributed by atoms with van der Waals surface area (Å²) < 4.78 is 68.7. The van der Waals surface area contributed by atoms with Gasteiger partial charge in [-0.15, -0.1) is 0 Å². The minimum absolute atomic E-state index is 0.0952. The smallest absolute Gasteiger partial charge is 0.462 e. The number of carbonyl (C=O) groups is 4. The maximum atomic E-state index is 13.1. The fourth-order valence-electron chi connectivity index (χ4n) is 12.0. The first-order valence-corrected chi connectivity index (χ1v) is 43.9. The molecule has 0 aromatic carbocycles. The predicted molar refractivity (Wildman–Crippen MR) is 400 cm³/mol. The summed E-state index contributed by atoms with van der Waals surface area (Å²) in [6, 6.07) is 0. The van der Waals surface area contributed by atoms with Crippen LogP contribution in [0.5, 0.6) is 0 Å². The number of phosphoric ester groups is 2. The second-order valence-electron chi connectivity index (χ2n) is 28.1. The van der Waals surface area contributed by atoms with Crippen molar-refractivity contribution < 1.29 is 80.2 Å². The summed E-state index contributed by atoms with van der Waals surface area (Å²) in [5.41, 5.74) is 0. The lowest BCUT2D eigenvalue weighted by atomic mass is 10.0. The Morgan fingerprint density at radius 1 is 0.276 bits per heavy atom. The molecule has 0 saturated heterocycles. The molecule has 0 radical (unpaired) electrons. The molecule has 0 amide bonds. The zero-order valence-corrected chi connectivity index (χ0v) is 65.3. The van der Waals surface area contributed by atoms with Crippen LogP contribution in [0.25, 0.3) is 0 Å². The van der Waals surface area contributed by atoms with Crippen molar-refractivity contribution in [3.8, 4) is 0 Å². The van der Waals surface area contributed by atoms with Crippen molar-refractivity contribution >= 4 is 39.5 Å². The highest BCUT2D eigenvalue weighted by Crippen LogP contribution is 2.45. The topological polar surface area (TPSA) is 237 Å². The van der Waals surface area contributed by atoms with Crippen LogP contribution in [-0.4, -0.2) is 96.7 Å². The van der Waals surface area contributed by atoms with E-state index in [9.17, 15) is 43.2 Å². The Labute approximate surface area is 600 Å². The van der Waals surface area contributed by atoms with Crippen molar-refractivity contribution in [3.63, 3.8) is 0 Å². The number of hydrogen-bond donors (Lipinski definition) is 3. The molecular formula is C79H152O17P2. The molecule has 5 atom stereocenters. The lowest BCUT2D eigenvalue weighted by molar-refractivity contribution is -0.161. The highest BCUT2D eigenvalue weighted by molar-refractivity contribution is 7.47. The summed E-state index contributed by atoms with van der Waals surface area (Å²) in [5.74, 6) is -2.12. The van der Waals surface area contributed by atoms with E-state index in [0.717, 1.165) is 103 Å². The van der Waals surface area contributed by atoms with Crippen molar-refractivity contribution in [2.45, 2.75) is 431 Å². The van der Waals surface area contributed by atoms with Crippen molar-refractivity contribution in [1.82, 2.24) is 0 Å². The Bertz CT molecular complexity index is 1910. The molecule has 3 N–H and O–H groups in total. The van der Waals surface area contributed by atoms with Crippen LogP contribution in [0.4, 0.5) is 0 Å². The Kier molecular flexibility index (Phi) is 71.5. The molecule has 0 fully saturated rings. The average Bonchev–Trinajstić information content (AvgIpc) is 1.13. The van der Waals surface area contributed by atoms with Gasteiger partial charge < -0.3 is 33.8 Å². The van der Waals surface area contributed by atoms with Crippen LogP contribution in [0.15, 0.2) is 12.2 Å². The van der Waals surface area contributed by atoms with Crippen LogP contribution < -0.4 is 0 Å². The number of aliphatic hydroxyl groups excluding tert-OH is 1. The van der Waals surface area contributed by atoms with E-state index in [1.165, 1.54) is 231 Å². The van der Waals surface area contributed by atoms with E-state index in [2.05, 4.69) is 39.8 Å². The minimum Gasteiger partial charge on any atom is -0.462 e. The molecular weight excluding hydrogens is 1280 g/mol. The highest BCUT2D eigenvalue weighted by atomic mass is 31.2. The molecule has 0 aromatic rings. The molecule has 0 heterocycles. The maximum absolute atomic E-state index is 13.1. The summed E-state index contributed by atoms with van der Waals surface area (Å²) in [4.78, 5) is 73.0. The number of esters is 4. The molecule has 0 spiro atoms. The predicted octanol–water partition coefficient (Wildman–Crippen LogP) is 23.6. The van der Waals surface area contributed by atoms with Gasteiger partial charge in [0.25, 0.3) is 0 Å². The van der Waals surface area contributed by atoms with Gasteiger partial charge in [-0.2, -0.15) is 0 Å². The summed E-state index contributed by atoms with van der Waals surface area (Å²) >= 11 is 0. The second-order valence-corrected chi connectivity index (χ2v) is 31.0. The van der Waals surface area contributed by atoms with Crippen LogP contribution in [0.1, 0.15) is 413 Å². The molecule has 0 saturated carbocycles. The summed E-state index contributed by atoms with van der Waals surface area (Å²) in [5, 5.41) is 10.6. The Balaban J connectivity index is 5.28. The number of aliphatic hydroxyl groups is 1. The number of carbonyl (C=O) groups excluding carboxylic acids is 4. The third-order valence-electron chi connectivity index (χ3n) is 18.3. The van der Waals surface area contributed by atoms with Gasteiger partial charge in [-0.3, -0.25) is 37.3 Å². The molecule has 0 aliphatic carbocycles. The van der Waals surface area contributed by atoms with Crippen molar-refractivity contribution in [2.75, 3.05) is 39.6 Å². The van der Waals surface area contributed by atoms with Crippen LogP contribution in [-0.2, 0) is 65.4 Å². The molecule has 0 rings (SSSR count). The monoisotopic (exact) mass is 1440 g/mol. The van der Waals surface area contributed by atoms with Crippen LogP contribution in [0.2, 0.25) is 0 Å². The third kappa shape index (κ3) is 72.2. The molecule has 17 nitrogen and oxygen atoms in total. The molecule has 0 aliphatic rings. The van der Waals surface area contributed by atoms with Gasteiger partial charge in [0.15, 0.2) is 12.2 Å². The van der Waals surface area contributed by atoms with E-state index in [4.69, 9.17) is 37.0 Å². The number of unbranched alkanes of at least 4 members (excludes halogenated alkanes) is 51. The highest BCUT2D eigenvalue weighted by Gasteiger charge is 2.30. The standard InChI is InChI=1S/C79H152O17P2/c1-5-9-13-17-21-25-29-33-35-36-38-42-46-50-54-58-62-66-79(84)96-75(70-90-77(82)64-60-56-52-48-44-40-32-28-24-20-16-12-8-4)72-94-98(87,88)92-68-73(80)67-91-97(85,86)93-71-74(69-89-76(81)63-59-55-51-47-43-39-31-27-23-19-15-11-7-3)95-78(83)65-61-57-53-49-45-41-37-34-30-26-22-18-14-10-6-2/h34,37,73-75,80H,5-33,35-36,38-72H2,1-4H3,(H,85,86)(H,87,88)/b37-34-/t73-,74-,75-/m1/s1. The molecule has 0 bridgehead atoms. The quantitative estimate of drug-likeness (QED) is 0.0169. The van der Waals surface area contributed by atoms with Gasteiger partial charge in [-0.25, -0.2) is 9.13 Å². The Hall–Kier alpha value is -2.20. The number of ether oxygens (including phenoxy) is 4. The van der Waals surface area contributed by atoms with Crippen molar-refractivity contribution in [3.05, 3.63) is 12.2 Å². The second kappa shape index (κ2) is 73.1. The average molecular weight is 1440 g/mol. The summed E-state index contributed by atoms with van der Waals surface area (Å²) in [7, 11) is -9.92. The first-order valence-electron chi connectivity index (χ1n) is 40.9. The lowest BCUT2D eigenvalue weighted by Gasteiger charge is -2.21. The molecule has 2 unspecified atom stereocenters. The number of phosphoric acid groups is 2. The van der Waals surface area contributed by atoms with Gasteiger partial charge in [-0.05, 0) is 51.4 Å². The number of allylic oxidation sites excluding steroid dienone is 2. The number of rotatable bonds is 79. The van der Waals surface area contributed by atoms with E-state index < -0.39 is 97.5 Å². The van der Waals surface area contributed by atoms with E-state index in [1.54, 1.807) is 0 Å². The minimum atomic E-state index is -4.96. The van der Waals surface area contributed by atoms with Crippen LogP contribution in [0, 0.1) is 0 Å². The maximum Gasteiger partial charge on any atom is 0.472 e. The first kappa shape index (κ1) is 95.8. The third-order valence-corrected chi connectivity index (χ3v) is 20.2. The largest absolute Gasteiger partial charge is 0.472 e. The van der Waals surface area contributed by atoms with Crippen molar-refractivity contribution in [1.29, 1.82) is 0 Å². The zero-order chi connectivity index (χ0) is 71.8. The Morgan fingerprint density at radius 3 is 0.704 bits per heavy atom. The number of hydrogen-bond acceptors (Lipinski definition) is 15. The molecule has 580 valence electrons. The van der Waals surface area contributed by atoms with Gasteiger partial charge >= 0.3 is 39.5 Å². The van der Waals surface area contributed by atoms with Crippen LogP contribution >= 0.6 is 15.6 Å².